The van der Waals surface area contributed by atoms with E-state index in [4.69, 9.17) is 6.42 Å². The number of hydrogen-bond donors (Lipinski definition) is 1. The highest BCUT2D eigenvalue weighted by Crippen LogP contribution is 2.13. The van der Waals surface area contributed by atoms with Gasteiger partial charge in [-0.25, -0.2) is 0 Å². The molecule has 1 unspecified atom stereocenters. The van der Waals surface area contributed by atoms with Crippen molar-refractivity contribution in [3.63, 3.8) is 0 Å². The van der Waals surface area contributed by atoms with Crippen LogP contribution in [-0.2, 0) is 4.79 Å². The highest BCUT2D eigenvalue weighted by atomic mass is 16.2. The topological polar surface area (TPSA) is 32.3 Å². The summed E-state index contributed by atoms with van der Waals surface area (Å²) in [6.07, 6.45) is 10.8. The molecule has 1 amide bonds. The van der Waals surface area contributed by atoms with Gasteiger partial charge in [-0.2, -0.15) is 0 Å². The van der Waals surface area contributed by atoms with E-state index >= 15 is 0 Å². The van der Waals surface area contributed by atoms with Crippen molar-refractivity contribution in [3.8, 4) is 12.3 Å². The van der Waals surface area contributed by atoms with Crippen LogP contribution in [0.3, 0.4) is 0 Å². The van der Waals surface area contributed by atoms with Crippen LogP contribution >= 0.6 is 0 Å². The van der Waals surface area contributed by atoms with Crippen molar-refractivity contribution in [2.24, 2.45) is 0 Å². The van der Waals surface area contributed by atoms with E-state index in [0.717, 1.165) is 45.3 Å². The molecule has 3 nitrogen and oxygen atoms in total. The Morgan fingerprint density at radius 1 is 1.53 bits per heavy atom. The molecule has 0 saturated carbocycles. The summed E-state index contributed by atoms with van der Waals surface area (Å²) in [4.78, 5) is 14.1. The van der Waals surface area contributed by atoms with E-state index in [-0.39, 0.29) is 0 Å². The van der Waals surface area contributed by atoms with Crippen molar-refractivity contribution in [2.75, 3.05) is 19.6 Å². The summed E-state index contributed by atoms with van der Waals surface area (Å²) in [5.74, 6) is 2.90. The maximum Gasteiger partial charge on any atom is 0.222 e. The summed E-state index contributed by atoms with van der Waals surface area (Å²) in [6.45, 7) is 4.92. The molecule has 0 aromatic heterocycles. The zero-order valence-electron chi connectivity index (χ0n) is 10.9. The van der Waals surface area contributed by atoms with Crippen LogP contribution in [0.25, 0.3) is 0 Å². The first-order valence-electron chi connectivity index (χ1n) is 6.73. The van der Waals surface area contributed by atoms with Crippen molar-refractivity contribution in [1.29, 1.82) is 0 Å². The van der Waals surface area contributed by atoms with Crippen molar-refractivity contribution in [1.82, 2.24) is 10.2 Å². The minimum atomic E-state index is 0.290. The van der Waals surface area contributed by atoms with Gasteiger partial charge in [-0.05, 0) is 39.2 Å². The van der Waals surface area contributed by atoms with E-state index in [1.54, 1.807) is 0 Å². The molecule has 0 spiro atoms. The van der Waals surface area contributed by atoms with Gasteiger partial charge in [0.25, 0.3) is 0 Å². The predicted molar refractivity (Wildman–Crippen MR) is 70.6 cm³/mol. The van der Waals surface area contributed by atoms with Crippen molar-refractivity contribution in [3.05, 3.63) is 0 Å². The quantitative estimate of drug-likeness (QED) is 0.563. The van der Waals surface area contributed by atoms with Crippen LogP contribution in [0.5, 0.6) is 0 Å². The summed E-state index contributed by atoms with van der Waals surface area (Å²) in [6, 6.07) is 0.397. The number of likely N-dealkylation sites (N-methyl/N-ethyl adjacent to an activating group) is 1. The standard InChI is InChI=1S/C14H24N2O/c1-3-5-6-7-10-14(17)16(4-2)13-9-8-11-15-12-13/h1,13,15H,4-12H2,2H3. The molecule has 0 bridgehead atoms. The Morgan fingerprint density at radius 2 is 2.35 bits per heavy atom. The van der Waals surface area contributed by atoms with Gasteiger partial charge in [0.2, 0.25) is 5.91 Å². The van der Waals surface area contributed by atoms with Crippen LogP contribution in [0.2, 0.25) is 0 Å². The lowest BCUT2D eigenvalue weighted by molar-refractivity contribution is -0.133. The van der Waals surface area contributed by atoms with Crippen molar-refractivity contribution >= 4 is 5.91 Å². The number of amides is 1. The number of hydrogen-bond acceptors (Lipinski definition) is 2. The Bertz CT molecular complexity index is 264. The molecule has 0 aromatic rings. The summed E-state index contributed by atoms with van der Waals surface area (Å²) in [5, 5.41) is 3.36. The minimum absolute atomic E-state index is 0.290. The highest BCUT2D eigenvalue weighted by molar-refractivity contribution is 5.76. The number of unbranched alkanes of at least 4 members (excludes halogenated alkanes) is 2. The number of carbonyl (C=O) groups is 1. The number of nitrogens with zero attached hydrogens (tertiary/aromatic N) is 1. The lowest BCUT2D eigenvalue weighted by Crippen LogP contribution is -2.48. The number of carbonyl (C=O) groups excluding carboxylic acids is 1. The van der Waals surface area contributed by atoms with Gasteiger partial charge in [-0.3, -0.25) is 4.79 Å². The Balaban J connectivity index is 2.32. The Hall–Kier alpha value is -1.01. The second kappa shape index (κ2) is 8.14. The van der Waals surface area contributed by atoms with Gasteiger partial charge in [-0.1, -0.05) is 0 Å². The third-order valence-electron chi connectivity index (χ3n) is 3.33. The van der Waals surface area contributed by atoms with Crippen molar-refractivity contribution in [2.45, 2.75) is 51.5 Å². The lowest BCUT2D eigenvalue weighted by Gasteiger charge is -2.34. The normalized spacial score (nSPS) is 19.6. The molecule has 3 heteroatoms. The second-order valence-electron chi connectivity index (χ2n) is 4.59. The van der Waals surface area contributed by atoms with Gasteiger partial charge in [0.15, 0.2) is 0 Å². The first-order valence-corrected chi connectivity index (χ1v) is 6.73. The third-order valence-corrected chi connectivity index (χ3v) is 3.33. The number of terminal acetylenes is 1. The number of piperidine rings is 1. The van der Waals surface area contributed by atoms with Gasteiger partial charge in [0, 0.05) is 32.0 Å². The summed E-state index contributed by atoms with van der Waals surface area (Å²) >= 11 is 0. The van der Waals surface area contributed by atoms with Gasteiger partial charge in [-0.15, -0.1) is 12.3 Å². The van der Waals surface area contributed by atoms with Crippen LogP contribution in [0, 0.1) is 12.3 Å². The minimum Gasteiger partial charge on any atom is -0.339 e. The fourth-order valence-electron chi connectivity index (χ4n) is 2.38. The van der Waals surface area contributed by atoms with Gasteiger partial charge >= 0.3 is 0 Å². The average molecular weight is 236 g/mol. The maximum atomic E-state index is 12.1. The summed E-state index contributed by atoms with van der Waals surface area (Å²) in [7, 11) is 0. The molecule has 1 rings (SSSR count). The van der Waals surface area contributed by atoms with E-state index in [1.165, 1.54) is 6.42 Å². The molecule has 1 aliphatic rings. The Kier molecular flexibility index (Phi) is 6.73. The largest absolute Gasteiger partial charge is 0.339 e. The third kappa shape index (κ3) is 4.79. The summed E-state index contributed by atoms with van der Waals surface area (Å²) in [5.41, 5.74) is 0. The molecule has 1 fully saturated rings. The first kappa shape index (κ1) is 14.1. The maximum absolute atomic E-state index is 12.1. The van der Waals surface area contributed by atoms with E-state index in [2.05, 4.69) is 18.2 Å². The molecule has 1 N–H and O–H groups in total. The fraction of sp³-hybridized carbons (Fsp3) is 0.786. The Morgan fingerprint density at radius 3 is 2.94 bits per heavy atom. The molecule has 1 saturated heterocycles. The first-order chi connectivity index (χ1) is 8.29. The number of rotatable bonds is 6. The predicted octanol–water partition coefficient (Wildman–Crippen LogP) is 1.78. The zero-order chi connectivity index (χ0) is 12.5. The number of nitrogens with one attached hydrogen (secondary N) is 1. The molecule has 0 aromatic carbocycles. The highest BCUT2D eigenvalue weighted by Gasteiger charge is 2.23. The van der Waals surface area contributed by atoms with E-state index < -0.39 is 0 Å². The smallest absolute Gasteiger partial charge is 0.222 e. The van der Waals surface area contributed by atoms with Gasteiger partial charge in [0.1, 0.15) is 0 Å². The van der Waals surface area contributed by atoms with E-state index in [9.17, 15) is 4.79 Å². The van der Waals surface area contributed by atoms with Crippen LogP contribution < -0.4 is 5.32 Å². The fourth-order valence-corrected chi connectivity index (χ4v) is 2.38. The van der Waals surface area contributed by atoms with Crippen molar-refractivity contribution < 1.29 is 4.79 Å². The lowest BCUT2D eigenvalue weighted by atomic mass is 10.0. The van der Waals surface area contributed by atoms with Crippen LogP contribution in [0.1, 0.15) is 45.4 Å². The van der Waals surface area contributed by atoms with Crippen LogP contribution in [-0.4, -0.2) is 36.5 Å². The molecule has 96 valence electrons. The zero-order valence-corrected chi connectivity index (χ0v) is 10.9. The monoisotopic (exact) mass is 236 g/mol. The molecule has 17 heavy (non-hydrogen) atoms. The molecular formula is C14H24N2O. The van der Waals surface area contributed by atoms with Crippen LogP contribution in [0.15, 0.2) is 0 Å². The SMILES string of the molecule is C#CCCCCC(=O)N(CC)C1CCCNC1. The molecule has 1 heterocycles. The van der Waals surface area contributed by atoms with Crippen LogP contribution in [0.4, 0.5) is 0 Å². The van der Waals surface area contributed by atoms with Gasteiger partial charge in [0.05, 0.1) is 0 Å². The van der Waals surface area contributed by atoms with E-state index in [0.29, 0.717) is 18.4 Å². The second-order valence-corrected chi connectivity index (χ2v) is 4.59. The molecule has 1 aliphatic heterocycles. The average Bonchev–Trinajstić information content (AvgIpc) is 2.37. The molecular weight excluding hydrogens is 212 g/mol. The molecule has 0 radical (unpaired) electrons. The van der Waals surface area contributed by atoms with E-state index in [1.807, 2.05) is 4.90 Å². The molecule has 1 atom stereocenters. The van der Waals surface area contributed by atoms with Gasteiger partial charge < -0.3 is 10.2 Å². The summed E-state index contributed by atoms with van der Waals surface area (Å²) < 4.78 is 0. The Labute approximate surface area is 105 Å². The molecule has 0 aliphatic carbocycles.